The van der Waals surface area contributed by atoms with Gasteiger partial charge in [-0.05, 0) is 54.1 Å². The van der Waals surface area contributed by atoms with E-state index in [9.17, 15) is 4.39 Å². The van der Waals surface area contributed by atoms with E-state index in [4.69, 9.17) is 0 Å². The fourth-order valence-electron chi connectivity index (χ4n) is 2.35. The number of hydrogen-bond acceptors (Lipinski definition) is 2. The van der Waals surface area contributed by atoms with E-state index >= 15 is 0 Å². The smallest absolute Gasteiger partial charge is 0.138 e. The van der Waals surface area contributed by atoms with Crippen molar-refractivity contribution in [2.75, 3.05) is 24.5 Å². The normalized spacial score (nSPS) is 17.5. The van der Waals surface area contributed by atoms with Crippen LogP contribution in [0, 0.1) is 9.39 Å². The molecular weight excluding hydrogens is 330 g/mol. The molecule has 2 nitrogen and oxygen atoms in total. The third-order valence-corrected chi connectivity index (χ3v) is 4.33. The van der Waals surface area contributed by atoms with E-state index in [1.54, 1.807) is 6.07 Å². The van der Waals surface area contributed by atoms with Gasteiger partial charge >= 0.3 is 0 Å². The van der Waals surface area contributed by atoms with Gasteiger partial charge in [-0.1, -0.05) is 13.0 Å². The molecule has 0 saturated carbocycles. The maximum Gasteiger partial charge on any atom is 0.138 e. The Balaban J connectivity index is 2.03. The molecule has 4 heteroatoms. The van der Waals surface area contributed by atoms with Crippen molar-refractivity contribution in [3.63, 3.8) is 0 Å². The predicted octanol–water partition coefficient (Wildman–Crippen LogP) is 3.01. The third kappa shape index (κ3) is 3.10. The quantitative estimate of drug-likeness (QED) is 0.845. The van der Waals surface area contributed by atoms with Crippen LogP contribution < -0.4 is 10.2 Å². The Morgan fingerprint density at radius 3 is 2.76 bits per heavy atom. The second kappa shape index (κ2) is 6.00. The van der Waals surface area contributed by atoms with Crippen LogP contribution in [0.2, 0.25) is 0 Å². The first-order chi connectivity index (χ1) is 8.22. The first kappa shape index (κ1) is 13.1. The molecule has 1 heterocycles. The van der Waals surface area contributed by atoms with E-state index in [0.29, 0.717) is 6.04 Å². The lowest BCUT2D eigenvalue weighted by Gasteiger charge is -2.34. The van der Waals surface area contributed by atoms with Gasteiger partial charge in [-0.15, -0.1) is 0 Å². The largest absolute Gasteiger partial charge is 0.370 e. The second-order valence-electron chi connectivity index (χ2n) is 4.39. The maximum atomic E-state index is 13.5. The first-order valence-corrected chi connectivity index (χ1v) is 7.22. The fraction of sp³-hybridized carbons (Fsp3) is 0.538. The van der Waals surface area contributed by atoms with E-state index in [1.807, 2.05) is 6.07 Å². The predicted molar refractivity (Wildman–Crippen MR) is 78.0 cm³/mol. The summed E-state index contributed by atoms with van der Waals surface area (Å²) in [4.78, 5) is 2.29. The number of nitrogens with zero attached hydrogens (tertiary/aromatic N) is 1. The summed E-state index contributed by atoms with van der Waals surface area (Å²) in [5, 5.41) is 3.48. The molecule has 94 valence electrons. The van der Waals surface area contributed by atoms with Crippen LogP contribution in [0.5, 0.6) is 0 Å². The highest BCUT2D eigenvalue weighted by Gasteiger charge is 2.20. The molecule has 0 atom stereocenters. The van der Waals surface area contributed by atoms with Crippen molar-refractivity contribution in [2.24, 2.45) is 0 Å². The summed E-state index contributed by atoms with van der Waals surface area (Å²) in [5.74, 6) is -0.114. The van der Waals surface area contributed by atoms with Crippen molar-refractivity contribution in [2.45, 2.75) is 25.8 Å². The van der Waals surface area contributed by atoms with Crippen molar-refractivity contribution < 1.29 is 4.39 Å². The molecule has 0 aromatic heterocycles. The molecule has 0 bridgehead atoms. The molecule has 17 heavy (non-hydrogen) atoms. The lowest BCUT2D eigenvalue weighted by atomic mass is 10.0. The van der Waals surface area contributed by atoms with Gasteiger partial charge in [-0.3, -0.25) is 0 Å². The van der Waals surface area contributed by atoms with Crippen molar-refractivity contribution in [1.82, 2.24) is 5.32 Å². The third-order valence-electron chi connectivity index (χ3n) is 3.26. The number of benzene rings is 1. The van der Waals surface area contributed by atoms with E-state index in [2.05, 4.69) is 39.7 Å². The highest BCUT2D eigenvalue weighted by atomic mass is 127. The molecule has 1 fully saturated rings. The standard InChI is InChI=1S/C13H18FIN2/c1-2-16-10-6-8-17(9-7-10)12-5-3-4-11(14)13(12)15/h3-5,10,16H,2,6-9H2,1H3. The molecule has 0 radical (unpaired) electrons. The van der Waals surface area contributed by atoms with Crippen molar-refractivity contribution in [3.05, 3.63) is 27.6 Å². The highest BCUT2D eigenvalue weighted by molar-refractivity contribution is 14.1. The first-order valence-electron chi connectivity index (χ1n) is 6.14. The van der Waals surface area contributed by atoms with E-state index in [0.717, 1.165) is 41.7 Å². The van der Waals surface area contributed by atoms with E-state index in [1.165, 1.54) is 6.07 Å². The zero-order valence-corrected chi connectivity index (χ0v) is 12.2. The lowest BCUT2D eigenvalue weighted by Crippen LogP contribution is -2.42. The number of nitrogens with one attached hydrogen (secondary N) is 1. The van der Waals surface area contributed by atoms with Gasteiger partial charge in [0.25, 0.3) is 0 Å². The minimum Gasteiger partial charge on any atom is -0.370 e. The van der Waals surface area contributed by atoms with Gasteiger partial charge in [-0.2, -0.15) is 0 Å². The summed E-state index contributed by atoms with van der Waals surface area (Å²) >= 11 is 2.10. The average Bonchev–Trinajstić information content (AvgIpc) is 2.34. The number of anilines is 1. The van der Waals surface area contributed by atoms with Crippen LogP contribution in [0.4, 0.5) is 10.1 Å². The number of halogens is 2. The summed E-state index contributed by atoms with van der Waals surface area (Å²) < 4.78 is 14.2. The van der Waals surface area contributed by atoms with E-state index in [-0.39, 0.29) is 5.82 Å². The molecule has 0 aliphatic carbocycles. The van der Waals surface area contributed by atoms with Gasteiger partial charge in [0.05, 0.1) is 9.26 Å². The van der Waals surface area contributed by atoms with Gasteiger partial charge in [0.1, 0.15) is 5.82 Å². The highest BCUT2D eigenvalue weighted by Crippen LogP contribution is 2.27. The number of hydrogen-bond donors (Lipinski definition) is 1. The van der Waals surface area contributed by atoms with Crippen molar-refractivity contribution in [3.8, 4) is 0 Å². The summed E-state index contributed by atoms with van der Waals surface area (Å²) in [6.07, 6.45) is 2.28. The zero-order valence-electron chi connectivity index (χ0n) is 10.0. The molecule has 1 aliphatic rings. The topological polar surface area (TPSA) is 15.3 Å². The lowest BCUT2D eigenvalue weighted by molar-refractivity contribution is 0.423. The minimum atomic E-state index is -0.114. The average molecular weight is 348 g/mol. The number of piperidine rings is 1. The summed E-state index contributed by atoms with van der Waals surface area (Å²) in [6, 6.07) is 5.96. The summed E-state index contributed by atoms with van der Waals surface area (Å²) in [5.41, 5.74) is 1.04. The maximum absolute atomic E-state index is 13.5. The number of rotatable bonds is 3. The van der Waals surface area contributed by atoms with Gasteiger partial charge in [0, 0.05) is 19.1 Å². The van der Waals surface area contributed by atoms with Crippen LogP contribution in [0.1, 0.15) is 19.8 Å². The fourth-order valence-corrected chi connectivity index (χ4v) is 3.05. The Labute approximate surface area is 116 Å². The van der Waals surface area contributed by atoms with Gasteiger partial charge in [0.2, 0.25) is 0 Å². The van der Waals surface area contributed by atoms with Crippen molar-refractivity contribution in [1.29, 1.82) is 0 Å². The van der Waals surface area contributed by atoms with Gasteiger partial charge < -0.3 is 10.2 Å². The zero-order chi connectivity index (χ0) is 12.3. The van der Waals surface area contributed by atoms with Crippen LogP contribution in [0.15, 0.2) is 18.2 Å². The minimum absolute atomic E-state index is 0.114. The monoisotopic (exact) mass is 348 g/mol. The summed E-state index contributed by atoms with van der Waals surface area (Å²) in [7, 11) is 0. The molecule has 1 saturated heterocycles. The second-order valence-corrected chi connectivity index (χ2v) is 5.47. The Kier molecular flexibility index (Phi) is 4.62. The molecule has 1 aromatic carbocycles. The molecular formula is C13H18FIN2. The Morgan fingerprint density at radius 2 is 2.12 bits per heavy atom. The SMILES string of the molecule is CCNC1CCN(c2cccc(F)c2I)CC1. The molecule has 2 rings (SSSR count). The molecule has 1 N–H and O–H groups in total. The van der Waals surface area contributed by atoms with Crippen LogP contribution >= 0.6 is 22.6 Å². The Bertz CT molecular complexity index is 376. The molecule has 0 spiro atoms. The van der Waals surface area contributed by atoms with Crippen LogP contribution in [-0.4, -0.2) is 25.7 Å². The van der Waals surface area contributed by atoms with Crippen LogP contribution in [0.3, 0.4) is 0 Å². The molecule has 0 unspecified atom stereocenters. The van der Waals surface area contributed by atoms with Crippen molar-refractivity contribution >= 4 is 28.3 Å². The Hall–Kier alpha value is -0.360. The van der Waals surface area contributed by atoms with Crippen LogP contribution in [-0.2, 0) is 0 Å². The van der Waals surface area contributed by atoms with Gasteiger partial charge in [0.15, 0.2) is 0 Å². The molecule has 0 amide bonds. The van der Waals surface area contributed by atoms with Gasteiger partial charge in [-0.25, -0.2) is 4.39 Å². The molecule has 1 aromatic rings. The molecule has 1 aliphatic heterocycles. The Morgan fingerprint density at radius 1 is 1.41 bits per heavy atom. The summed E-state index contributed by atoms with van der Waals surface area (Å²) in [6.45, 7) is 5.19. The van der Waals surface area contributed by atoms with Crippen LogP contribution in [0.25, 0.3) is 0 Å². The van der Waals surface area contributed by atoms with E-state index < -0.39 is 0 Å².